The SMILES string of the molecule is Cc1nn(-c2ccccn2)c2nc(C3CC3)cc(C(=O)Nc3ccc4oc(C5CC5)nc4c3)c12. The second-order valence-electron chi connectivity index (χ2n) is 9.22. The van der Waals surface area contributed by atoms with Gasteiger partial charge in [0.2, 0.25) is 0 Å². The van der Waals surface area contributed by atoms with E-state index < -0.39 is 0 Å². The number of anilines is 1. The Morgan fingerprint density at radius 3 is 2.68 bits per heavy atom. The van der Waals surface area contributed by atoms with Gasteiger partial charge < -0.3 is 9.73 Å². The number of nitrogens with one attached hydrogen (secondary N) is 1. The van der Waals surface area contributed by atoms with E-state index in [2.05, 4.69) is 20.4 Å². The molecular formula is C26H22N6O2. The largest absolute Gasteiger partial charge is 0.440 e. The van der Waals surface area contributed by atoms with Crippen molar-refractivity contribution in [2.75, 3.05) is 5.32 Å². The van der Waals surface area contributed by atoms with Crippen molar-refractivity contribution in [3.05, 3.63) is 71.5 Å². The molecule has 5 aromatic rings. The van der Waals surface area contributed by atoms with Crippen LogP contribution in [-0.2, 0) is 0 Å². The fourth-order valence-corrected chi connectivity index (χ4v) is 4.44. The monoisotopic (exact) mass is 450 g/mol. The smallest absolute Gasteiger partial charge is 0.256 e. The van der Waals surface area contributed by atoms with Gasteiger partial charge in [-0.1, -0.05) is 6.07 Å². The Kier molecular flexibility index (Phi) is 4.12. The van der Waals surface area contributed by atoms with Crippen molar-refractivity contribution in [3.63, 3.8) is 0 Å². The number of carbonyl (C=O) groups is 1. The molecule has 168 valence electrons. The highest BCUT2D eigenvalue weighted by Gasteiger charge is 2.30. The van der Waals surface area contributed by atoms with Crippen LogP contribution in [0.2, 0.25) is 0 Å². The van der Waals surface area contributed by atoms with Crippen LogP contribution >= 0.6 is 0 Å². The molecule has 0 saturated heterocycles. The van der Waals surface area contributed by atoms with Crippen molar-refractivity contribution < 1.29 is 9.21 Å². The van der Waals surface area contributed by atoms with Gasteiger partial charge in [0.15, 0.2) is 22.9 Å². The molecule has 0 bridgehead atoms. The van der Waals surface area contributed by atoms with Gasteiger partial charge in [-0.05, 0) is 69.0 Å². The lowest BCUT2D eigenvalue weighted by molar-refractivity contribution is 0.102. The molecule has 0 unspecified atom stereocenters. The second-order valence-corrected chi connectivity index (χ2v) is 9.22. The minimum atomic E-state index is -0.191. The van der Waals surface area contributed by atoms with Gasteiger partial charge in [0.05, 0.1) is 16.6 Å². The van der Waals surface area contributed by atoms with Crippen molar-refractivity contribution in [1.82, 2.24) is 24.7 Å². The van der Waals surface area contributed by atoms with Crippen LogP contribution in [0.4, 0.5) is 5.69 Å². The van der Waals surface area contributed by atoms with Crippen LogP contribution in [-0.4, -0.2) is 30.6 Å². The summed E-state index contributed by atoms with van der Waals surface area (Å²) in [7, 11) is 0. The highest BCUT2D eigenvalue weighted by atomic mass is 16.3. The zero-order chi connectivity index (χ0) is 22.8. The minimum Gasteiger partial charge on any atom is -0.440 e. The van der Waals surface area contributed by atoms with E-state index in [-0.39, 0.29) is 5.91 Å². The normalized spacial score (nSPS) is 15.8. The van der Waals surface area contributed by atoms with Crippen LogP contribution in [0.25, 0.3) is 28.0 Å². The van der Waals surface area contributed by atoms with Crippen LogP contribution in [0.5, 0.6) is 0 Å². The number of amides is 1. The molecule has 2 aliphatic rings. The third-order valence-corrected chi connectivity index (χ3v) is 6.53. The molecule has 4 heterocycles. The third kappa shape index (κ3) is 3.25. The number of pyridine rings is 2. The third-order valence-electron chi connectivity index (χ3n) is 6.53. The Morgan fingerprint density at radius 2 is 1.91 bits per heavy atom. The number of nitrogens with zero attached hydrogens (tertiary/aromatic N) is 5. The Hall–Kier alpha value is -4.07. The van der Waals surface area contributed by atoms with Gasteiger partial charge in [0.1, 0.15) is 5.52 Å². The maximum absolute atomic E-state index is 13.5. The number of benzene rings is 1. The first-order chi connectivity index (χ1) is 16.6. The zero-order valence-corrected chi connectivity index (χ0v) is 18.7. The number of hydrogen-bond donors (Lipinski definition) is 1. The van der Waals surface area contributed by atoms with Crippen LogP contribution in [0.15, 0.2) is 53.1 Å². The molecule has 1 N–H and O–H groups in total. The molecule has 7 rings (SSSR count). The number of aryl methyl sites for hydroxylation is 1. The first kappa shape index (κ1) is 19.4. The van der Waals surface area contributed by atoms with Crippen LogP contribution in [0.1, 0.15) is 65.2 Å². The molecule has 0 spiro atoms. The first-order valence-corrected chi connectivity index (χ1v) is 11.7. The lowest BCUT2D eigenvalue weighted by Crippen LogP contribution is -2.14. The number of fused-ring (bicyclic) bond motifs is 2. The standard InChI is InChI=1S/C26H22N6O2/c1-14-23-18(25(33)28-17-9-10-21-20(12-17)30-26(34-21)16-7-8-16)13-19(15-5-6-15)29-24(23)32(31-14)22-4-2-3-11-27-22/h2-4,9-13,15-16H,5-8H2,1H3,(H,28,33). The van der Waals surface area contributed by atoms with E-state index in [1.165, 1.54) is 0 Å². The molecule has 0 radical (unpaired) electrons. The van der Waals surface area contributed by atoms with Gasteiger partial charge in [0, 0.05) is 29.4 Å². The molecular weight excluding hydrogens is 428 g/mol. The fourth-order valence-electron chi connectivity index (χ4n) is 4.44. The molecule has 0 atom stereocenters. The zero-order valence-electron chi connectivity index (χ0n) is 18.7. The molecule has 2 saturated carbocycles. The summed E-state index contributed by atoms with van der Waals surface area (Å²) in [5.41, 5.74) is 5.09. The number of aromatic nitrogens is 5. The average Bonchev–Trinajstić information content (AvgIpc) is 3.79. The topological polar surface area (TPSA) is 98.7 Å². The van der Waals surface area contributed by atoms with E-state index >= 15 is 0 Å². The van der Waals surface area contributed by atoms with E-state index in [0.29, 0.717) is 34.6 Å². The molecule has 34 heavy (non-hydrogen) atoms. The summed E-state index contributed by atoms with van der Waals surface area (Å²) in [4.78, 5) is 27.5. The Balaban J connectivity index is 1.30. The van der Waals surface area contributed by atoms with E-state index in [0.717, 1.165) is 59.4 Å². The van der Waals surface area contributed by atoms with Gasteiger partial charge in [-0.25, -0.2) is 15.0 Å². The predicted octanol–water partition coefficient (Wildman–Crippen LogP) is 5.27. The molecule has 1 amide bonds. The van der Waals surface area contributed by atoms with Gasteiger partial charge in [0.25, 0.3) is 5.91 Å². The van der Waals surface area contributed by atoms with E-state index in [1.807, 2.05) is 49.4 Å². The van der Waals surface area contributed by atoms with Crippen molar-refractivity contribution in [2.45, 2.75) is 44.4 Å². The van der Waals surface area contributed by atoms with Gasteiger partial charge >= 0.3 is 0 Å². The summed E-state index contributed by atoms with van der Waals surface area (Å²) >= 11 is 0. The Bertz CT molecular complexity index is 1580. The van der Waals surface area contributed by atoms with Gasteiger partial charge in [-0.3, -0.25) is 4.79 Å². The first-order valence-electron chi connectivity index (χ1n) is 11.7. The lowest BCUT2D eigenvalue weighted by Gasteiger charge is -2.09. The Labute approximate surface area is 195 Å². The summed E-state index contributed by atoms with van der Waals surface area (Å²) in [5.74, 6) is 2.10. The van der Waals surface area contributed by atoms with Crippen LogP contribution in [0.3, 0.4) is 0 Å². The van der Waals surface area contributed by atoms with Crippen molar-refractivity contribution in [2.24, 2.45) is 0 Å². The highest BCUT2D eigenvalue weighted by Crippen LogP contribution is 2.42. The van der Waals surface area contributed by atoms with E-state index in [9.17, 15) is 4.79 Å². The highest BCUT2D eigenvalue weighted by molar-refractivity contribution is 6.13. The van der Waals surface area contributed by atoms with Crippen LogP contribution in [0, 0.1) is 6.92 Å². The number of rotatable bonds is 5. The maximum atomic E-state index is 13.5. The quantitative estimate of drug-likeness (QED) is 0.392. The Morgan fingerprint density at radius 1 is 1.06 bits per heavy atom. The molecule has 2 fully saturated rings. The number of oxazole rings is 1. The molecule has 8 heteroatoms. The molecule has 8 nitrogen and oxygen atoms in total. The van der Waals surface area contributed by atoms with Crippen molar-refractivity contribution in [3.8, 4) is 5.82 Å². The summed E-state index contributed by atoms with van der Waals surface area (Å²) < 4.78 is 7.59. The van der Waals surface area contributed by atoms with Crippen molar-refractivity contribution in [1.29, 1.82) is 0 Å². The summed E-state index contributed by atoms with van der Waals surface area (Å²) in [5, 5.41) is 8.49. The molecule has 2 aliphatic carbocycles. The molecule has 0 aliphatic heterocycles. The summed E-state index contributed by atoms with van der Waals surface area (Å²) in [6.07, 6.45) is 6.16. The molecule has 4 aromatic heterocycles. The fraction of sp³-hybridized carbons (Fsp3) is 0.269. The van der Waals surface area contributed by atoms with Crippen LogP contribution < -0.4 is 5.32 Å². The van der Waals surface area contributed by atoms with Gasteiger partial charge in [-0.15, -0.1) is 0 Å². The summed E-state index contributed by atoms with van der Waals surface area (Å²) in [6, 6.07) is 13.2. The minimum absolute atomic E-state index is 0.191. The molecule has 1 aromatic carbocycles. The number of carbonyl (C=O) groups excluding carboxylic acids is 1. The maximum Gasteiger partial charge on any atom is 0.256 e. The second kappa shape index (κ2) is 7.21. The van der Waals surface area contributed by atoms with Gasteiger partial charge in [-0.2, -0.15) is 9.78 Å². The predicted molar refractivity (Wildman–Crippen MR) is 127 cm³/mol. The average molecular weight is 451 g/mol. The lowest BCUT2D eigenvalue weighted by atomic mass is 10.1. The summed E-state index contributed by atoms with van der Waals surface area (Å²) in [6.45, 7) is 1.90. The van der Waals surface area contributed by atoms with E-state index in [1.54, 1.807) is 10.9 Å². The number of hydrogen-bond acceptors (Lipinski definition) is 6. The van der Waals surface area contributed by atoms with Crippen molar-refractivity contribution >= 4 is 33.7 Å². The van der Waals surface area contributed by atoms with E-state index in [4.69, 9.17) is 9.40 Å².